The van der Waals surface area contributed by atoms with Crippen molar-refractivity contribution in [1.82, 2.24) is 10.2 Å². The van der Waals surface area contributed by atoms with E-state index in [1.54, 1.807) is 0 Å². The molecule has 3 aliphatic rings. The van der Waals surface area contributed by atoms with Gasteiger partial charge in [0.1, 0.15) is 0 Å². The van der Waals surface area contributed by atoms with E-state index in [0.29, 0.717) is 17.7 Å². The summed E-state index contributed by atoms with van der Waals surface area (Å²) in [7, 11) is 0. The summed E-state index contributed by atoms with van der Waals surface area (Å²) >= 11 is 0. The van der Waals surface area contributed by atoms with Crippen molar-refractivity contribution in [1.29, 1.82) is 0 Å². The van der Waals surface area contributed by atoms with Gasteiger partial charge < -0.3 is 10.1 Å². The third-order valence-corrected chi connectivity index (χ3v) is 6.10. The average molecular weight is 294 g/mol. The largest absolute Gasteiger partial charge is 0.378 e. The fourth-order valence-corrected chi connectivity index (χ4v) is 4.61. The minimum absolute atomic E-state index is 0.488. The van der Waals surface area contributed by atoms with Crippen molar-refractivity contribution in [3.8, 4) is 0 Å². The number of ether oxygens (including phenoxy) is 1. The van der Waals surface area contributed by atoms with Crippen molar-refractivity contribution >= 4 is 0 Å². The van der Waals surface area contributed by atoms with Crippen LogP contribution >= 0.6 is 0 Å². The lowest BCUT2D eigenvalue weighted by atomic mass is 9.88. The highest BCUT2D eigenvalue weighted by molar-refractivity contribution is 5.02. The smallest absolute Gasteiger partial charge is 0.0576 e. The van der Waals surface area contributed by atoms with Gasteiger partial charge in [-0.1, -0.05) is 26.7 Å². The molecular weight excluding hydrogens is 260 g/mol. The maximum atomic E-state index is 5.79. The minimum Gasteiger partial charge on any atom is -0.378 e. The van der Waals surface area contributed by atoms with E-state index >= 15 is 0 Å². The lowest BCUT2D eigenvalue weighted by Gasteiger charge is -2.49. The zero-order chi connectivity index (χ0) is 14.7. The van der Waals surface area contributed by atoms with E-state index in [2.05, 4.69) is 24.1 Å². The summed E-state index contributed by atoms with van der Waals surface area (Å²) in [6.45, 7) is 9.46. The van der Waals surface area contributed by atoms with Gasteiger partial charge in [-0.25, -0.2) is 0 Å². The molecule has 21 heavy (non-hydrogen) atoms. The number of rotatable bonds is 5. The summed E-state index contributed by atoms with van der Waals surface area (Å²) in [5, 5.41) is 3.85. The van der Waals surface area contributed by atoms with Gasteiger partial charge in [0.2, 0.25) is 0 Å². The van der Waals surface area contributed by atoms with Crippen LogP contribution in [0.3, 0.4) is 0 Å². The Morgan fingerprint density at radius 2 is 2.05 bits per heavy atom. The molecule has 0 bridgehead atoms. The Hall–Kier alpha value is -0.120. The standard InChI is InChI=1S/C18H34N2O/c1-15(2)17-13-20(11-5-7-16-8-6-12-21-16)18(14-19-17)9-3-4-10-18/h15-17,19H,3-14H2,1-2H3. The molecule has 2 heterocycles. The molecule has 1 aliphatic carbocycles. The van der Waals surface area contributed by atoms with Crippen LogP contribution in [0.5, 0.6) is 0 Å². The third-order valence-electron chi connectivity index (χ3n) is 6.10. The summed E-state index contributed by atoms with van der Waals surface area (Å²) < 4.78 is 5.79. The molecular formula is C18H34N2O. The van der Waals surface area contributed by atoms with Crippen molar-refractivity contribution in [2.24, 2.45) is 5.92 Å². The van der Waals surface area contributed by atoms with Crippen LogP contribution in [0.15, 0.2) is 0 Å². The fourth-order valence-electron chi connectivity index (χ4n) is 4.61. The maximum Gasteiger partial charge on any atom is 0.0576 e. The van der Waals surface area contributed by atoms with Crippen LogP contribution < -0.4 is 5.32 Å². The molecule has 3 nitrogen and oxygen atoms in total. The van der Waals surface area contributed by atoms with E-state index in [1.807, 2.05) is 0 Å². The van der Waals surface area contributed by atoms with Crippen LogP contribution in [0.2, 0.25) is 0 Å². The molecule has 2 unspecified atom stereocenters. The van der Waals surface area contributed by atoms with Gasteiger partial charge in [0.15, 0.2) is 0 Å². The normalized spacial score (nSPS) is 33.3. The summed E-state index contributed by atoms with van der Waals surface area (Å²) in [5.41, 5.74) is 0.488. The SMILES string of the molecule is CC(C)C1CN(CCCC2CCCO2)C2(CCCC2)CN1. The number of hydrogen-bond donors (Lipinski definition) is 1. The lowest BCUT2D eigenvalue weighted by molar-refractivity contribution is 0.0265. The van der Waals surface area contributed by atoms with E-state index < -0.39 is 0 Å². The molecule has 2 aliphatic heterocycles. The van der Waals surface area contributed by atoms with E-state index in [-0.39, 0.29) is 0 Å². The van der Waals surface area contributed by atoms with Gasteiger partial charge in [0, 0.05) is 31.3 Å². The second-order valence-corrected chi connectivity index (χ2v) is 7.89. The number of nitrogens with one attached hydrogen (secondary N) is 1. The number of hydrogen-bond acceptors (Lipinski definition) is 3. The first-order valence-electron chi connectivity index (χ1n) is 9.30. The zero-order valence-corrected chi connectivity index (χ0v) is 14.1. The molecule has 2 saturated heterocycles. The van der Waals surface area contributed by atoms with E-state index in [4.69, 9.17) is 4.74 Å². The Kier molecular flexibility index (Phi) is 5.23. The lowest BCUT2D eigenvalue weighted by Crippen LogP contribution is -2.64. The molecule has 0 aromatic heterocycles. The quantitative estimate of drug-likeness (QED) is 0.843. The topological polar surface area (TPSA) is 24.5 Å². The van der Waals surface area contributed by atoms with Crippen molar-refractivity contribution in [3.05, 3.63) is 0 Å². The van der Waals surface area contributed by atoms with Crippen LogP contribution in [0.4, 0.5) is 0 Å². The Labute approximate surface area is 130 Å². The first-order chi connectivity index (χ1) is 10.2. The van der Waals surface area contributed by atoms with Gasteiger partial charge in [-0.2, -0.15) is 0 Å². The molecule has 2 atom stereocenters. The van der Waals surface area contributed by atoms with Gasteiger partial charge >= 0.3 is 0 Å². The van der Waals surface area contributed by atoms with Gasteiger partial charge in [-0.3, -0.25) is 4.90 Å². The molecule has 3 fully saturated rings. The Morgan fingerprint density at radius 1 is 1.24 bits per heavy atom. The monoisotopic (exact) mass is 294 g/mol. The molecule has 1 N–H and O–H groups in total. The average Bonchev–Trinajstić information content (AvgIpc) is 3.13. The highest BCUT2D eigenvalue weighted by Gasteiger charge is 2.43. The Bertz CT molecular complexity index is 319. The molecule has 3 heteroatoms. The minimum atomic E-state index is 0.488. The molecule has 1 spiro atoms. The predicted octanol–water partition coefficient (Wildman–Crippen LogP) is 3.19. The van der Waals surface area contributed by atoms with Crippen LogP contribution in [-0.2, 0) is 4.74 Å². The zero-order valence-electron chi connectivity index (χ0n) is 14.1. The fraction of sp³-hybridized carbons (Fsp3) is 1.00. The van der Waals surface area contributed by atoms with Crippen LogP contribution in [0.1, 0.15) is 65.2 Å². The molecule has 0 aromatic rings. The summed E-state index contributed by atoms with van der Waals surface area (Å²) in [6.07, 6.45) is 11.4. The van der Waals surface area contributed by atoms with Gasteiger partial charge in [-0.05, 0) is 51.0 Å². The van der Waals surface area contributed by atoms with Gasteiger partial charge in [-0.15, -0.1) is 0 Å². The second kappa shape index (κ2) is 6.97. The van der Waals surface area contributed by atoms with Crippen LogP contribution in [-0.4, -0.2) is 48.8 Å². The van der Waals surface area contributed by atoms with Crippen molar-refractivity contribution in [2.45, 2.75) is 82.9 Å². The maximum absolute atomic E-state index is 5.79. The molecule has 3 rings (SSSR count). The summed E-state index contributed by atoms with van der Waals surface area (Å²) in [5.74, 6) is 0.740. The summed E-state index contributed by atoms with van der Waals surface area (Å²) in [4.78, 5) is 2.86. The van der Waals surface area contributed by atoms with Crippen molar-refractivity contribution < 1.29 is 4.74 Å². The van der Waals surface area contributed by atoms with Crippen molar-refractivity contribution in [2.75, 3.05) is 26.2 Å². The Morgan fingerprint density at radius 3 is 2.71 bits per heavy atom. The first-order valence-corrected chi connectivity index (χ1v) is 9.30. The highest BCUT2D eigenvalue weighted by Crippen LogP contribution is 2.37. The molecule has 1 saturated carbocycles. The molecule has 0 aromatic carbocycles. The van der Waals surface area contributed by atoms with Crippen molar-refractivity contribution in [3.63, 3.8) is 0 Å². The van der Waals surface area contributed by atoms with Crippen LogP contribution in [0, 0.1) is 5.92 Å². The van der Waals surface area contributed by atoms with E-state index in [9.17, 15) is 0 Å². The van der Waals surface area contributed by atoms with Gasteiger partial charge in [0.05, 0.1) is 6.10 Å². The molecule has 0 amide bonds. The summed E-state index contributed by atoms with van der Waals surface area (Å²) in [6, 6.07) is 0.680. The van der Waals surface area contributed by atoms with E-state index in [0.717, 1.165) is 12.5 Å². The Balaban J connectivity index is 1.54. The molecule has 0 radical (unpaired) electrons. The van der Waals surface area contributed by atoms with Gasteiger partial charge in [0.25, 0.3) is 0 Å². The first kappa shape index (κ1) is 15.8. The number of nitrogens with zero attached hydrogens (tertiary/aromatic N) is 1. The number of piperazine rings is 1. The van der Waals surface area contributed by atoms with Crippen LogP contribution in [0.25, 0.3) is 0 Å². The predicted molar refractivity (Wildman–Crippen MR) is 87.6 cm³/mol. The molecule has 122 valence electrons. The third kappa shape index (κ3) is 3.62. The highest BCUT2D eigenvalue weighted by atomic mass is 16.5. The van der Waals surface area contributed by atoms with E-state index in [1.165, 1.54) is 71.0 Å². The second-order valence-electron chi connectivity index (χ2n) is 7.89.